The SMILES string of the molecule is O=C1NC(=S)S/C1=C\c1ccc(-c2nc3ccccc3s2)o1. The molecule has 3 heterocycles. The van der Waals surface area contributed by atoms with E-state index >= 15 is 0 Å². The Morgan fingerprint density at radius 2 is 2.09 bits per heavy atom. The summed E-state index contributed by atoms with van der Waals surface area (Å²) in [6.45, 7) is 0. The molecule has 1 aliphatic heterocycles. The average Bonchev–Trinajstić information content (AvgIpc) is 3.18. The van der Waals surface area contributed by atoms with Crippen molar-refractivity contribution in [3.8, 4) is 10.8 Å². The van der Waals surface area contributed by atoms with E-state index in [-0.39, 0.29) is 5.91 Å². The first kappa shape index (κ1) is 13.7. The molecular weight excluding hydrogens is 336 g/mol. The zero-order valence-electron chi connectivity index (χ0n) is 11.0. The number of thiazole rings is 1. The Morgan fingerprint density at radius 1 is 1.23 bits per heavy atom. The number of thioether (sulfide) groups is 1. The normalized spacial score (nSPS) is 16.6. The van der Waals surface area contributed by atoms with Crippen LogP contribution in [0, 0.1) is 0 Å². The summed E-state index contributed by atoms with van der Waals surface area (Å²) in [5.41, 5.74) is 0.954. The van der Waals surface area contributed by atoms with Crippen molar-refractivity contribution in [2.75, 3.05) is 0 Å². The summed E-state index contributed by atoms with van der Waals surface area (Å²) in [5, 5.41) is 3.40. The standard InChI is InChI=1S/C15H8N2O2S3/c18-13-12(22-15(20)17-13)7-8-5-6-10(19-8)14-16-9-3-1-2-4-11(9)21-14/h1-7H,(H,17,18,20)/b12-7-. The molecule has 7 heteroatoms. The fourth-order valence-corrected chi connectivity index (χ4v) is 4.02. The minimum absolute atomic E-state index is 0.187. The second-order valence-corrected chi connectivity index (χ2v) is 7.29. The van der Waals surface area contributed by atoms with E-state index in [1.807, 2.05) is 36.4 Å². The number of para-hydroxylation sites is 1. The van der Waals surface area contributed by atoms with E-state index in [1.165, 1.54) is 11.8 Å². The highest BCUT2D eigenvalue weighted by Gasteiger charge is 2.22. The molecule has 0 aliphatic carbocycles. The van der Waals surface area contributed by atoms with Gasteiger partial charge < -0.3 is 9.73 Å². The molecule has 0 radical (unpaired) electrons. The van der Waals surface area contributed by atoms with Crippen molar-refractivity contribution in [1.82, 2.24) is 10.3 Å². The molecule has 1 amide bonds. The zero-order chi connectivity index (χ0) is 15.1. The number of hydrogen-bond acceptors (Lipinski definition) is 6. The minimum Gasteiger partial charge on any atom is -0.454 e. The first-order valence-electron chi connectivity index (χ1n) is 6.40. The first-order chi connectivity index (χ1) is 10.7. The average molecular weight is 344 g/mol. The summed E-state index contributed by atoms with van der Waals surface area (Å²) in [4.78, 5) is 16.7. The molecule has 2 aromatic heterocycles. The fourth-order valence-electron chi connectivity index (χ4n) is 2.07. The summed E-state index contributed by atoms with van der Waals surface area (Å²) in [7, 11) is 0. The van der Waals surface area contributed by atoms with E-state index in [0.717, 1.165) is 15.2 Å². The highest BCUT2D eigenvalue weighted by molar-refractivity contribution is 8.26. The van der Waals surface area contributed by atoms with Crippen LogP contribution in [0.2, 0.25) is 0 Å². The topological polar surface area (TPSA) is 55.1 Å². The Bertz CT molecular complexity index is 906. The van der Waals surface area contributed by atoms with Gasteiger partial charge in [0, 0.05) is 6.08 Å². The molecule has 0 unspecified atom stereocenters. The van der Waals surface area contributed by atoms with Gasteiger partial charge in [-0.2, -0.15) is 0 Å². The maximum Gasteiger partial charge on any atom is 0.263 e. The lowest BCUT2D eigenvalue weighted by atomic mass is 10.3. The Hall–Kier alpha value is -1.96. The monoisotopic (exact) mass is 344 g/mol. The summed E-state index contributed by atoms with van der Waals surface area (Å²) in [6.07, 6.45) is 1.69. The minimum atomic E-state index is -0.187. The number of fused-ring (bicyclic) bond motifs is 1. The van der Waals surface area contributed by atoms with Gasteiger partial charge in [-0.15, -0.1) is 11.3 Å². The van der Waals surface area contributed by atoms with E-state index in [1.54, 1.807) is 17.4 Å². The van der Waals surface area contributed by atoms with Crippen LogP contribution >= 0.6 is 35.3 Å². The van der Waals surface area contributed by atoms with Crippen molar-refractivity contribution >= 4 is 61.8 Å². The molecule has 4 rings (SSSR count). The number of furan rings is 1. The predicted molar refractivity (Wildman–Crippen MR) is 93.6 cm³/mol. The van der Waals surface area contributed by atoms with E-state index in [4.69, 9.17) is 16.6 Å². The number of carbonyl (C=O) groups is 1. The lowest BCUT2D eigenvalue weighted by Gasteiger charge is -1.90. The molecule has 1 fully saturated rings. The van der Waals surface area contributed by atoms with E-state index in [9.17, 15) is 4.79 Å². The van der Waals surface area contributed by atoms with Crippen LogP contribution in [0.4, 0.5) is 0 Å². The van der Waals surface area contributed by atoms with Gasteiger partial charge in [0.1, 0.15) is 10.1 Å². The van der Waals surface area contributed by atoms with Gasteiger partial charge in [-0.05, 0) is 24.3 Å². The molecule has 0 atom stereocenters. The van der Waals surface area contributed by atoms with Gasteiger partial charge in [0.25, 0.3) is 5.91 Å². The molecule has 4 nitrogen and oxygen atoms in total. The van der Waals surface area contributed by atoms with Crippen molar-refractivity contribution in [3.05, 3.63) is 47.1 Å². The number of rotatable bonds is 2. The lowest BCUT2D eigenvalue weighted by molar-refractivity contribution is -0.115. The third-order valence-corrected chi connectivity index (χ3v) is 5.26. The van der Waals surface area contributed by atoms with Gasteiger partial charge in [0.2, 0.25) is 0 Å². The molecule has 0 saturated carbocycles. The van der Waals surface area contributed by atoms with Crippen molar-refractivity contribution < 1.29 is 9.21 Å². The van der Waals surface area contributed by atoms with Crippen LogP contribution in [-0.4, -0.2) is 15.2 Å². The van der Waals surface area contributed by atoms with Crippen LogP contribution in [0.15, 0.2) is 45.7 Å². The third-order valence-electron chi connectivity index (χ3n) is 3.05. The highest BCUT2D eigenvalue weighted by atomic mass is 32.2. The molecule has 1 N–H and O–H groups in total. The summed E-state index contributed by atoms with van der Waals surface area (Å²) >= 11 is 7.77. The van der Waals surface area contributed by atoms with Crippen molar-refractivity contribution in [2.24, 2.45) is 0 Å². The number of thiocarbonyl (C=S) groups is 1. The number of amides is 1. The van der Waals surface area contributed by atoms with Crippen LogP contribution in [0.3, 0.4) is 0 Å². The van der Waals surface area contributed by atoms with Crippen molar-refractivity contribution in [3.63, 3.8) is 0 Å². The number of nitrogens with one attached hydrogen (secondary N) is 1. The van der Waals surface area contributed by atoms with Crippen LogP contribution < -0.4 is 5.32 Å². The zero-order valence-corrected chi connectivity index (χ0v) is 13.5. The fraction of sp³-hybridized carbons (Fsp3) is 0. The van der Waals surface area contributed by atoms with Crippen LogP contribution in [0.1, 0.15) is 5.76 Å². The molecule has 1 aromatic carbocycles. The number of benzene rings is 1. The number of hydrogen-bond donors (Lipinski definition) is 1. The van der Waals surface area contributed by atoms with Gasteiger partial charge in [0.05, 0.1) is 15.1 Å². The molecule has 1 saturated heterocycles. The van der Waals surface area contributed by atoms with Crippen LogP contribution in [0.25, 0.3) is 27.1 Å². The largest absolute Gasteiger partial charge is 0.454 e. The van der Waals surface area contributed by atoms with Crippen molar-refractivity contribution in [1.29, 1.82) is 0 Å². The van der Waals surface area contributed by atoms with Crippen LogP contribution in [-0.2, 0) is 4.79 Å². The van der Waals surface area contributed by atoms with Crippen molar-refractivity contribution in [2.45, 2.75) is 0 Å². The van der Waals surface area contributed by atoms with Gasteiger partial charge in [-0.1, -0.05) is 36.1 Å². The van der Waals surface area contributed by atoms with Crippen LogP contribution in [0.5, 0.6) is 0 Å². The molecule has 0 bridgehead atoms. The first-order valence-corrected chi connectivity index (χ1v) is 8.44. The lowest BCUT2D eigenvalue weighted by Crippen LogP contribution is -2.17. The smallest absolute Gasteiger partial charge is 0.263 e. The summed E-state index contributed by atoms with van der Waals surface area (Å²) in [5.74, 6) is 1.11. The Morgan fingerprint density at radius 3 is 2.86 bits per heavy atom. The van der Waals surface area contributed by atoms with E-state index in [0.29, 0.717) is 20.7 Å². The maximum absolute atomic E-state index is 11.6. The van der Waals surface area contributed by atoms with Gasteiger partial charge >= 0.3 is 0 Å². The molecule has 1 aliphatic rings. The third kappa shape index (κ3) is 2.47. The van der Waals surface area contributed by atoms with Gasteiger partial charge in [0.15, 0.2) is 10.8 Å². The molecule has 3 aromatic rings. The molecular formula is C15H8N2O2S3. The predicted octanol–water partition coefficient (Wildman–Crippen LogP) is 4.05. The molecule has 108 valence electrons. The number of carbonyl (C=O) groups excluding carboxylic acids is 1. The summed E-state index contributed by atoms with van der Waals surface area (Å²) in [6, 6.07) is 11.6. The highest BCUT2D eigenvalue weighted by Crippen LogP contribution is 2.32. The maximum atomic E-state index is 11.6. The quantitative estimate of drug-likeness (QED) is 0.561. The molecule has 22 heavy (non-hydrogen) atoms. The van der Waals surface area contributed by atoms with Gasteiger partial charge in [-0.25, -0.2) is 4.98 Å². The molecule has 0 spiro atoms. The summed E-state index contributed by atoms with van der Waals surface area (Å²) < 4.78 is 7.36. The van der Waals surface area contributed by atoms with E-state index < -0.39 is 0 Å². The Balaban J connectivity index is 1.68. The van der Waals surface area contributed by atoms with E-state index in [2.05, 4.69) is 10.3 Å². The Labute approximate surface area is 139 Å². The number of nitrogens with zero attached hydrogens (tertiary/aromatic N) is 1. The number of aromatic nitrogens is 1. The van der Waals surface area contributed by atoms with Gasteiger partial charge in [-0.3, -0.25) is 4.79 Å². The Kier molecular flexibility index (Phi) is 3.33. The second kappa shape index (κ2) is 5.35. The second-order valence-electron chi connectivity index (χ2n) is 4.54.